The maximum Gasteiger partial charge on any atom is 0.257 e. The van der Waals surface area contributed by atoms with E-state index < -0.39 is 29.9 Å². The molecule has 0 unspecified atom stereocenters. The van der Waals surface area contributed by atoms with Gasteiger partial charge in [0.15, 0.2) is 19.9 Å². The average molecular weight is 331 g/mol. The fraction of sp³-hybridized carbons (Fsp3) is 0.417. The maximum absolute atomic E-state index is 12.1. The Bertz CT molecular complexity index is 883. The van der Waals surface area contributed by atoms with Gasteiger partial charge < -0.3 is 0 Å². The van der Waals surface area contributed by atoms with Gasteiger partial charge in [-0.15, -0.1) is 0 Å². The standard InChI is InChI=1S/C12H17N3O4S2/c1-3-5-9-6-7-10-14-11(20(16,17)4-2)12(15(10)8-9)21(13,18)19/h6-8H,3-5H2,1-2H3,(H2,13,18,19). The zero-order valence-corrected chi connectivity index (χ0v) is 13.4. The van der Waals surface area contributed by atoms with Gasteiger partial charge in [0.05, 0.1) is 5.75 Å². The van der Waals surface area contributed by atoms with E-state index in [0.29, 0.717) is 0 Å². The summed E-state index contributed by atoms with van der Waals surface area (Å²) in [6.45, 7) is 3.42. The monoisotopic (exact) mass is 331 g/mol. The van der Waals surface area contributed by atoms with Crippen molar-refractivity contribution in [2.45, 2.75) is 36.7 Å². The molecule has 0 aromatic carbocycles. The van der Waals surface area contributed by atoms with Crippen molar-refractivity contribution in [2.75, 3.05) is 5.75 Å². The van der Waals surface area contributed by atoms with Gasteiger partial charge in [0.2, 0.25) is 0 Å². The molecule has 0 saturated heterocycles. The second-order valence-corrected chi connectivity index (χ2v) is 8.36. The quantitative estimate of drug-likeness (QED) is 0.868. The molecular formula is C12H17N3O4S2. The number of aromatic nitrogens is 2. The van der Waals surface area contributed by atoms with E-state index in [0.717, 1.165) is 18.4 Å². The number of sulfonamides is 1. The number of hydrogen-bond acceptors (Lipinski definition) is 5. The average Bonchev–Trinajstić information content (AvgIpc) is 2.78. The molecule has 2 N–H and O–H groups in total. The molecule has 2 heterocycles. The number of sulfone groups is 1. The van der Waals surface area contributed by atoms with Gasteiger partial charge in [-0.05, 0) is 18.1 Å². The third-order valence-corrected chi connectivity index (χ3v) is 5.78. The SMILES string of the molecule is CCCc1ccc2nc(S(=O)(=O)CC)c(S(N)(=O)=O)n2c1. The maximum atomic E-state index is 12.1. The van der Waals surface area contributed by atoms with Gasteiger partial charge in [0, 0.05) is 6.20 Å². The van der Waals surface area contributed by atoms with Crippen LogP contribution in [0.25, 0.3) is 5.65 Å². The highest BCUT2D eigenvalue weighted by Crippen LogP contribution is 2.23. The van der Waals surface area contributed by atoms with E-state index in [-0.39, 0.29) is 11.4 Å². The summed E-state index contributed by atoms with van der Waals surface area (Å²) in [7, 11) is -8.01. The molecule has 21 heavy (non-hydrogen) atoms. The molecule has 116 valence electrons. The van der Waals surface area contributed by atoms with Gasteiger partial charge in [-0.3, -0.25) is 4.40 Å². The zero-order valence-electron chi connectivity index (χ0n) is 11.8. The number of imidazole rings is 1. The smallest absolute Gasteiger partial charge is 0.257 e. The van der Waals surface area contributed by atoms with Crippen LogP contribution in [0.15, 0.2) is 28.4 Å². The van der Waals surface area contributed by atoms with Crippen LogP contribution in [0.4, 0.5) is 0 Å². The normalized spacial score (nSPS) is 12.9. The van der Waals surface area contributed by atoms with E-state index >= 15 is 0 Å². The van der Waals surface area contributed by atoms with Crippen LogP contribution >= 0.6 is 0 Å². The Balaban J connectivity index is 2.89. The first-order valence-corrected chi connectivity index (χ1v) is 9.67. The Kier molecular flexibility index (Phi) is 4.09. The molecular weight excluding hydrogens is 314 g/mol. The summed E-state index contributed by atoms with van der Waals surface area (Å²) in [6.07, 6.45) is 3.19. The number of pyridine rings is 1. The lowest BCUT2D eigenvalue weighted by Gasteiger charge is -2.04. The fourth-order valence-corrected chi connectivity index (χ4v) is 4.39. The minimum absolute atomic E-state index is 0.242. The Morgan fingerprint density at radius 1 is 1.19 bits per heavy atom. The lowest BCUT2D eigenvalue weighted by molar-refractivity contribution is 0.576. The highest BCUT2D eigenvalue weighted by atomic mass is 32.2. The Hall–Kier alpha value is -1.45. The lowest BCUT2D eigenvalue weighted by Crippen LogP contribution is -2.19. The molecule has 2 aromatic rings. The van der Waals surface area contributed by atoms with Crippen LogP contribution < -0.4 is 5.14 Å². The van der Waals surface area contributed by atoms with Crippen LogP contribution in [-0.2, 0) is 26.3 Å². The molecule has 7 nitrogen and oxygen atoms in total. The van der Waals surface area contributed by atoms with Crippen molar-refractivity contribution in [3.05, 3.63) is 23.9 Å². The van der Waals surface area contributed by atoms with Crippen LogP contribution in [0.3, 0.4) is 0 Å². The van der Waals surface area contributed by atoms with E-state index in [1.807, 2.05) is 6.92 Å². The first-order valence-electron chi connectivity index (χ1n) is 6.47. The first kappa shape index (κ1) is 15.9. The van der Waals surface area contributed by atoms with Crippen molar-refractivity contribution in [3.63, 3.8) is 0 Å². The van der Waals surface area contributed by atoms with Gasteiger partial charge in [-0.1, -0.05) is 26.3 Å². The summed E-state index contributed by atoms with van der Waals surface area (Å²) in [5, 5.41) is 4.23. The van der Waals surface area contributed by atoms with Crippen LogP contribution in [0.2, 0.25) is 0 Å². The third-order valence-electron chi connectivity index (χ3n) is 3.09. The van der Waals surface area contributed by atoms with Gasteiger partial charge in [-0.2, -0.15) is 0 Å². The van der Waals surface area contributed by atoms with Gasteiger partial charge in [0.25, 0.3) is 10.0 Å². The Morgan fingerprint density at radius 3 is 2.38 bits per heavy atom. The van der Waals surface area contributed by atoms with E-state index in [4.69, 9.17) is 5.14 Å². The molecule has 0 aliphatic carbocycles. The molecule has 2 aromatic heterocycles. The summed E-state index contributed by atoms with van der Waals surface area (Å²) < 4.78 is 49.0. The molecule has 0 atom stereocenters. The topological polar surface area (TPSA) is 112 Å². The molecule has 9 heteroatoms. The van der Waals surface area contributed by atoms with E-state index in [9.17, 15) is 16.8 Å². The fourth-order valence-electron chi connectivity index (χ4n) is 2.08. The van der Waals surface area contributed by atoms with Crippen LogP contribution in [0.1, 0.15) is 25.8 Å². The molecule has 0 radical (unpaired) electrons. The molecule has 0 fully saturated rings. The summed E-state index contributed by atoms with van der Waals surface area (Å²) in [5.74, 6) is -0.249. The predicted octanol–water partition coefficient (Wildman–Crippen LogP) is 0.728. The van der Waals surface area contributed by atoms with Crippen molar-refractivity contribution in [1.82, 2.24) is 9.38 Å². The second-order valence-electron chi connectivity index (χ2n) is 4.69. The minimum atomic E-state index is -4.22. The molecule has 0 saturated carbocycles. The number of rotatable bonds is 5. The Morgan fingerprint density at radius 2 is 1.86 bits per heavy atom. The van der Waals surface area contributed by atoms with E-state index in [1.165, 1.54) is 11.3 Å². The number of nitrogens with two attached hydrogens (primary N) is 1. The minimum Gasteiger partial charge on any atom is -0.288 e. The van der Waals surface area contributed by atoms with Crippen LogP contribution in [-0.4, -0.2) is 32.0 Å². The second kappa shape index (κ2) is 5.39. The molecule has 0 amide bonds. The molecule has 0 aliphatic rings. The number of aryl methyl sites for hydroxylation is 1. The van der Waals surface area contributed by atoms with Crippen LogP contribution in [0, 0.1) is 0 Å². The molecule has 0 spiro atoms. The van der Waals surface area contributed by atoms with Gasteiger partial charge in [-0.25, -0.2) is 27.0 Å². The van der Waals surface area contributed by atoms with Crippen molar-refractivity contribution in [2.24, 2.45) is 5.14 Å². The largest absolute Gasteiger partial charge is 0.288 e. The van der Waals surface area contributed by atoms with E-state index in [1.54, 1.807) is 18.3 Å². The van der Waals surface area contributed by atoms with Crippen molar-refractivity contribution < 1.29 is 16.8 Å². The highest BCUT2D eigenvalue weighted by Gasteiger charge is 2.29. The zero-order chi connectivity index (χ0) is 15.8. The van der Waals surface area contributed by atoms with Crippen molar-refractivity contribution >= 4 is 25.5 Å². The molecule has 0 bridgehead atoms. The van der Waals surface area contributed by atoms with Gasteiger partial charge >= 0.3 is 0 Å². The first-order chi connectivity index (χ1) is 9.70. The number of hydrogen-bond donors (Lipinski definition) is 1. The number of fused-ring (bicyclic) bond motifs is 1. The van der Waals surface area contributed by atoms with Crippen LogP contribution in [0.5, 0.6) is 0 Å². The van der Waals surface area contributed by atoms with E-state index in [2.05, 4.69) is 4.98 Å². The summed E-state index contributed by atoms with van der Waals surface area (Å²) in [5.41, 5.74) is 1.12. The number of nitrogens with zero attached hydrogens (tertiary/aromatic N) is 2. The van der Waals surface area contributed by atoms with Crippen molar-refractivity contribution in [1.29, 1.82) is 0 Å². The summed E-state index contributed by atoms with van der Waals surface area (Å²) in [6, 6.07) is 3.38. The third kappa shape index (κ3) is 2.94. The predicted molar refractivity (Wildman–Crippen MR) is 78.3 cm³/mol. The molecule has 0 aliphatic heterocycles. The lowest BCUT2D eigenvalue weighted by atomic mass is 10.2. The Labute approximate surface area is 123 Å². The molecule has 2 rings (SSSR count). The summed E-state index contributed by atoms with van der Waals surface area (Å²) in [4.78, 5) is 3.94. The van der Waals surface area contributed by atoms with Gasteiger partial charge in [0.1, 0.15) is 5.65 Å². The highest BCUT2D eigenvalue weighted by molar-refractivity contribution is 7.93. The number of primary sulfonamides is 1. The summed E-state index contributed by atoms with van der Waals surface area (Å²) >= 11 is 0. The van der Waals surface area contributed by atoms with Crippen molar-refractivity contribution in [3.8, 4) is 0 Å².